The largest absolute Gasteiger partial charge is 0.465 e. The molecule has 0 aromatic heterocycles. The molecule has 0 saturated carbocycles. The monoisotopic (exact) mass is 280 g/mol. The van der Waals surface area contributed by atoms with Crippen molar-refractivity contribution in [2.75, 3.05) is 0 Å². The third kappa shape index (κ3) is 4.78. The Labute approximate surface area is 128 Å². The van der Waals surface area contributed by atoms with E-state index in [4.69, 9.17) is 4.74 Å². The lowest BCUT2D eigenvalue weighted by Gasteiger charge is -2.09. The molecular formula is C20H24O. The zero-order valence-electron chi connectivity index (χ0n) is 13.2. The molecule has 0 saturated heterocycles. The van der Waals surface area contributed by atoms with Gasteiger partial charge in [0.1, 0.15) is 5.75 Å². The summed E-state index contributed by atoms with van der Waals surface area (Å²) in [6, 6.07) is 16.8. The molecule has 0 fully saturated rings. The van der Waals surface area contributed by atoms with Gasteiger partial charge < -0.3 is 4.74 Å². The molecule has 0 radical (unpaired) electrons. The lowest BCUT2D eigenvalue weighted by atomic mass is 10.0. The fraction of sp³-hybridized carbons (Fsp3) is 0.300. The van der Waals surface area contributed by atoms with Crippen molar-refractivity contribution in [3.63, 3.8) is 0 Å². The van der Waals surface area contributed by atoms with Crippen LogP contribution in [0.1, 0.15) is 42.9 Å². The Morgan fingerprint density at radius 2 is 1.76 bits per heavy atom. The first kappa shape index (κ1) is 15.4. The van der Waals surface area contributed by atoms with E-state index in [2.05, 4.69) is 57.2 Å². The molecule has 110 valence electrons. The predicted molar refractivity (Wildman–Crippen MR) is 90.5 cm³/mol. The van der Waals surface area contributed by atoms with Gasteiger partial charge >= 0.3 is 0 Å². The highest BCUT2D eigenvalue weighted by atomic mass is 16.5. The van der Waals surface area contributed by atoms with E-state index < -0.39 is 0 Å². The van der Waals surface area contributed by atoms with E-state index in [0.717, 1.165) is 12.2 Å². The van der Waals surface area contributed by atoms with Gasteiger partial charge in [-0.1, -0.05) is 55.3 Å². The molecule has 0 spiro atoms. The molecule has 1 nitrogen and oxygen atoms in total. The van der Waals surface area contributed by atoms with Crippen LogP contribution < -0.4 is 4.74 Å². The van der Waals surface area contributed by atoms with Crippen molar-refractivity contribution >= 4 is 5.57 Å². The van der Waals surface area contributed by atoms with E-state index in [-0.39, 0.29) is 0 Å². The van der Waals surface area contributed by atoms with Crippen LogP contribution in [0, 0.1) is 13.8 Å². The Bertz CT molecular complexity index is 593. The van der Waals surface area contributed by atoms with Gasteiger partial charge in [-0.25, -0.2) is 0 Å². The molecule has 21 heavy (non-hydrogen) atoms. The molecule has 2 rings (SSSR count). The van der Waals surface area contributed by atoms with Gasteiger partial charge in [-0.05, 0) is 55.5 Å². The lowest BCUT2D eigenvalue weighted by Crippen LogP contribution is -1.91. The smallest absolute Gasteiger partial charge is 0.126 e. The van der Waals surface area contributed by atoms with E-state index in [1.807, 2.05) is 18.4 Å². The molecule has 0 amide bonds. The fourth-order valence-electron chi connectivity index (χ4n) is 2.23. The zero-order chi connectivity index (χ0) is 15.1. The minimum atomic E-state index is 0.899. The second kappa shape index (κ2) is 7.68. The molecule has 0 atom stereocenters. The molecule has 0 bridgehead atoms. The molecule has 2 aromatic rings. The van der Waals surface area contributed by atoms with Crippen LogP contribution in [-0.2, 0) is 0 Å². The molecule has 0 aliphatic carbocycles. The zero-order valence-corrected chi connectivity index (χ0v) is 13.2. The van der Waals surface area contributed by atoms with Gasteiger partial charge in [0.05, 0.1) is 6.26 Å². The van der Waals surface area contributed by atoms with Gasteiger partial charge in [0.2, 0.25) is 0 Å². The number of allylic oxidation sites excluding steroid dienone is 1. The highest BCUT2D eigenvalue weighted by Gasteiger charge is 2.03. The maximum absolute atomic E-state index is 5.87. The Morgan fingerprint density at radius 3 is 2.43 bits per heavy atom. The first-order valence-corrected chi connectivity index (χ1v) is 7.68. The van der Waals surface area contributed by atoms with Crippen molar-refractivity contribution in [1.29, 1.82) is 0 Å². The fourth-order valence-corrected chi connectivity index (χ4v) is 2.23. The first-order chi connectivity index (χ1) is 10.2. The first-order valence-electron chi connectivity index (χ1n) is 7.68. The molecule has 0 unspecified atom stereocenters. The van der Waals surface area contributed by atoms with E-state index in [1.165, 1.54) is 35.1 Å². The van der Waals surface area contributed by atoms with Crippen LogP contribution in [0.2, 0.25) is 0 Å². The average Bonchev–Trinajstić information content (AvgIpc) is 2.49. The van der Waals surface area contributed by atoms with Crippen molar-refractivity contribution < 1.29 is 4.74 Å². The minimum Gasteiger partial charge on any atom is -0.465 e. The second-order valence-corrected chi connectivity index (χ2v) is 5.55. The van der Waals surface area contributed by atoms with Crippen molar-refractivity contribution in [3.8, 4) is 5.75 Å². The molecule has 2 aromatic carbocycles. The Hall–Kier alpha value is -2.02. The number of rotatable bonds is 6. The number of ether oxygens (including phenoxy) is 1. The maximum Gasteiger partial charge on any atom is 0.126 e. The van der Waals surface area contributed by atoms with E-state index in [1.54, 1.807) is 0 Å². The van der Waals surface area contributed by atoms with Crippen molar-refractivity contribution in [3.05, 3.63) is 71.5 Å². The summed E-state index contributed by atoms with van der Waals surface area (Å²) in [5.41, 5.74) is 5.01. The third-order valence-electron chi connectivity index (χ3n) is 3.55. The van der Waals surface area contributed by atoms with Gasteiger partial charge in [-0.3, -0.25) is 0 Å². The Kier molecular flexibility index (Phi) is 5.62. The minimum absolute atomic E-state index is 0.899. The third-order valence-corrected chi connectivity index (χ3v) is 3.55. The van der Waals surface area contributed by atoms with Crippen LogP contribution in [0.25, 0.3) is 5.57 Å². The molecule has 0 heterocycles. The van der Waals surface area contributed by atoms with Crippen LogP contribution in [-0.4, -0.2) is 0 Å². The summed E-state index contributed by atoms with van der Waals surface area (Å²) in [6.45, 7) is 6.41. The lowest BCUT2D eigenvalue weighted by molar-refractivity contribution is 0.481. The highest BCUT2D eigenvalue weighted by Crippen LogP contribution is 2.23. The quantitative estimate of drug-likeness (QED) is 0.597. The van der Waals surface area contributed by atoms with Crippen LogP contribution in [0.15, 0.2) is 54.8 Å². The second-order valence-electron chi connectivity index (χ2n) is 5.55. The van der Waals surface area contributed by atoms with Crippen LogP contribution >= 0.6 is 0 Å². The van der Waals surface area contributed by atoms with E-state index >= 15 is 0 Å². The van der Waals surface area contributed by atoms with E-state index in [9.17, 15) is 0 Å². The summed E-state index contributed by atoms with van der Waals surface area (Å²) < 4.78 is 5.87. The van der Waals surface area contributed by atoms with Gasteiger partial charge in [0.25, 0.3) is 0 Å². The summed E-state index contributed by atoms with van der Waals surface area (Å²) in [4.78, 5) is 0. The summed E-state index contributed by atoms with van der Waals surface area (Å²) in [7, 11) is 0. The van der Waals surface area contributed by atoms with Gasteiger partial charge in [-0.15, -0.1) is 0 Å². The number of hydrogen-bond acceptors (Lipinski definition) is 1. The standard InChI is InChI=1S/C20H24O/c1-4-5-8-19(18-12-10-16(2)11-13-18)15-21-20-9-6-7-17(3)14-20/h6-7,9-15H,4-5,8H2,1-3H3/b19-15+. The SMILES string of the molecule is CCCC/C(=C\Oc1cccc(C)c1)c1ccc(C)cc1. The Morgan fingerprint density at radius 1 is 1.00 bits per heavy atom. The summed E-state index contributed by atoms with van der Waals surface area (Å²) in [6.07, 6.45) is 5.32. The number of unbranched alkanes of at least 4 members (excludes halogenated alkanes) is 1. The van der Waals surface area contributed by atoms with Crippen molar-refractivity contribution in [2.24, 2.45) is 0 Å². The topological polar surface area (TPSA) is 9.23 Å². The van der Waals surface area contributed by atoms with Gasteiger partial charge in [0, 0.05) is 0 Å². The summed E-state index contributed by atoms with van der Waals surface area (Å²) >= 11 is 0. The van der Waals surface area contributed by atoms with Gasteiger partial charge in [-0.2, -0.15) is 0 Å². The molecule has 0 aliphatic rings. The average molecular weight is 280 g/mol. The number of benzene rings is 2. The van der Waals surface area contributed by atoms with E-state index in [0.29, 0.717) is 0 Å². The van der Waals surface area contributed by atoms with Crippen LogP contribution in [0.4, 0.5) is 0 Å². The van der Waals surface area contributed by atoms with Crippen molar-refractivity contribution in [1.82, 2.24) is 0 Å². The van der Waals surface area contributed by atoms with Crippen LogP contribution in [0.5, 0.6) is 5.75 Å². The number of aryl methyl sites for hydroxylation is 2. The maximum atomic E-state index is 5.87. The molecular weight excluding hydrogens is 256 g/mol. The predicted octanol–water partition coefficient (Wildman–Crippen LogP) is 5.91. The van der Waals surface area contributed by atoms with Gasteiger partial charge in [0.15, 0.2) is 0 Å². The number of hydrogen-bond donors (Lipinski definition) is 0. The van der Waals surface area contributed by atoms with Crippen molar-refractivity contribution in [2.45, 2.75) is 40.0 Å². The van der Waals surface area contributed by atoms with Crippen LogP contribution in [0.3, 0.4) is 0 Å². The normalized spacial score (nSPS) is 11.5. The summed E-state index contributed by atoms with van der Waals surface area (Å²) in [5, 5.41) is 0. The summed E-state index contributed by atoms with van der Waals surface area (Å²) in [5.74, 6) is 0.899. The Balaban J connectivity index is 2.18. The molecule has 0 N–H and O–H groups in total. The molecule has 1 heteroatoms. The molecule has 0 aliphatic heterocycles. The highest BCUT2D eigenvalue weighted by molar-refractivity contribution is 5.65.